The minimum absolute atomic E-state index is 0.671. The van der Waals surface area contributed by atoms with Crippen LogP contribution in [0, 0.1) is 6.92 Å². The normalized spacial score (nSPS) is 11.2. The van der Waals surface area contributed by atoms with Gasteiger partial charge in [0.25, 0.3) is 0 Å². The van der Waals surface area contributed by atoms with E-state index in [0.717, 1.165) is 49.8 Å². The summed E-state index contributed by atoms with van der Waals surface area (Å²) in [5.41, 5.74) is 10.4. The highest BCUT2D eigenvalue weighted by atomic mass is 32.2. The Kier molecular flexibility index (Phi) is 5.25. The van der Waals surface area contributed by atoms with E-state index in [1.807, 2.05) is 73.7 Å². The molecule has 2 heterocycles. The van der Waals surface area contributed by atoms with Crippen molar-refractivity contribution >= 4 is 50.9 Å². The molecule has 6 nitrogen and oxygen atoms in total. The van der Waals surface area contributed by atoms with Gasteiger partial charge >= 0.3 is 0 Å². The van der Waals surface area contributed by atoms with Crippen LogP contribution in [0.4, 0.5) is 17.2 Å². The zero-order valence-corrected chi connectivity index (χ0v) is 18.4. The molecule has 0 aliphatic rings. The monoisotopic (exact) mass is 438 g/mol. The van der Waals surface area contributed by atoms with Crippen LogP contribution in [-0.4, -0.2) is 19.5 Å². The number of allylic oxidation sites excluding steroid dienone is 1. The van der Waals surface area contributed by atoms with E-state index in [9.17, 15) is 0 Å². The summed E-state index contributed by atoms with van der Waals surface area (Å²) in [6.45, 7) is 6.59. The number of aromatic nitrogens is 4. The van der Waals surface area contributed by atoms with Crippen molar-refractivity contribution in [3.05, 3.63) is 85.2 Å². The molecule has 3 aromatic carbocycles. The van der Waals surface area contributed by atoms with E-state index in [1.54, 1.807) is 0 Å². The molecular weight excluding hydrogens is 416 g/mol. The molecule has 0 unspecified atom stereocenters. The fourth-order valence-electron chi connectivity index (χ4n) is 3.65. The Morgan fingerprint density at radius 1 is 1.00 bits per heavy atom. The molecule has 0 saturated carbocycles. The van der Waals surface area contributed by atoms with Crippen LogP contribution >= 0.6 is 11.8 Å². The quantitative estimate of drug-likeness (QED) is 0.194. The van der Waals surface area contributed by atoms with Gasteiger partial charge in [0.2, 0.25) is 0 Å². The third-order valence-corrected chi connectivity index (χ3v) is 6.06. The Morgan fingerprint density at radius 3 is 2.62 bits per heavy atom. The molecule has 5 aromatic rings. The summed E-state index contributed by atoms with van der Waals surface area (Å²) < 4.78 is 2.15. The largest absolute Gasteiger partial charge is 0.399 e. The summed E-state index contributed by atoms with van der Waals surface area (Å²) in [6.07, 6.45) is 1.88. The number of anilines is 3. The molecule has 0 bridgehead atoms. The maximum atomic E-state index is 5.81. The van der Waals surface area contributed by atoms with E-state index in [-0.39, 0.29) is 0 Å². The highest BCUT2D eigenvalue weighted by molar-refractivity contribution is 7.99. The molecule has 0 aliphatic heterocycles. The maximum Gasteiger partial charge on any atom is 0.195 e. The van der Waals surface area contributed by atoms with Crippen LogP contribution in [0.3, 0.4) is 0 Å². The Bertz CT molecular complexity index is 1440. The number of hydrogen-bond acceptors (Lipinski definition) is 6. The highest BCUT2D eigenvalue weighted by Crippen LogP contribution is 2.31. The average molecular weight is 439 g/mol. The number of benzene rings is 3. The number of nitrogen functional groups attached to an aromatic ring is 1. The molecule has 158 valence electrons. The van der Waals surface area contributed by atoms with Gasteiger partial charge in [-0.3, -0.25) is 0 Å². The number of fused-ring (bicyclic) bond motifs is 2. The second-order valence-corrected chi connectivity index (χ2v) is 8.47. The summed E-state index contributed by atoms with van der Waals surface area (Å²) in [5, 5.41) is 5.14. The summed E-state index contributed by atoms with van der Waals surface area (Å²) in [5.74, 6) is 1.73. The number of hydrogen-bond donors (Lipinski definition) is 2. The third-order valence-electron chi connectivity index (χ3n) is 5.19. The van der Waals surface area contributed by atoms with Gasteiger partial charge in [0.05, 0.1) is 16.6 Å². The molecule has 0 spiro atoms. The molecule has 5 rings (SSSR count). The lowest BCUT2D eigenvalue weighted by Crippen LogP contribution is -2.00. The van der Waals surface area contributed by atoms with Crippen LogP contribution in [0.2, 0.25) is 0 Å². The zero-order valence-electron chi connectivity index (χ0n) is 17.6. The standard InChI is InChI=1S/C25H22N6S/c1-3-14-31-16(2)27-22-13-10-18(15-23(22)31)28-24-20-6-4-5-7-21(20)29-25(30-24)32-19-11-8-17(26)9-12-19/h3-13,15H,1,14,26H2,2H3,(H,28,29,30). The van der Waals surface area contributed by atoms with Crippen LogP contribution in [-0.2, 0) is 6.54 Å². The molecule has 0 fully saturated rings. The first-order chi connectivity index (χ1) is 15.6. The SMILES string of the molecule is C=CCn1c(C)nc2ccc(Nc3nc(Sc4ccc(N)cc4)nc4ccccc34)cc21. The number of para-hydroxylation sites is 1. The summed E-state index contributed by atoms with van der Waals surface area (Å²) in [7, 11) is 0. The van der Waals surface area contributed by atoms with E-state index < -0.39 is 0 Å². The van der Waals surface area contributed by atoms with Crippen molar-refractivity contribution in [1.82, 2.24) is 19.5 Å². The molecule has 7 heteroatoms. The number of aryl methyl sites for hydroxylation is 1. The van der Waals surface area contributed by atoms with Crippen molar-refractivity contribution in [2.75, 3.05) is 11.1 Å². The van der Waals surface area contributed by atoms with Crippen LogP contribution in [0.25, 0.3) is 21.9 Å². The Labute approximate surface area is 190 Å². The Balaban J connectivity index is 1.55. The van der Waals surface area contributed by atoms with E-state index in [0.29, 0.717) is 11.7 Å². The van der Waals surface area contributed by atoms with Gasteiger partial charge in [-0.1, -0.05) is 18.2 Å². The van der Waals surface area contributed by atoms with Gasteiger partial charge in [-0.2, -0.15) is 0 Å². The van der Waals surface area contributed by atoms with Crippen LogP contribution in [0.15, 0.2) is 89.4 Å². The minimum atomic E-state index is 0.671. The second kappa shape index (κ2) is 8.36. The summed E-state index contributed by atoms with van der Waals surface area (Å²) >= 11 is 1.51. The number of imidazole rings is 1. The fraction of sp³-hybridized carbons (Fsp3) is 0.0800. The summed E-state index contributed by atoms with van der Waals surface area (Å²) in [4.78, 5) is 15.3. The van der Waals surface area contributed by atoms with Crippen molar-refractivity contribution < 1.29 is 0 Å². The number of nitrogens with two attached hydrogens (primary N) is 1. The number of rotatable bonds is 6. The van der Waals surface area contributed by atoms with E-state index >= 15 is 0 Å². The number of nitrogens with zero attached hydrogens (tertiary/aromatic N) is 4. The van der Waals surface area contributed by atoms with Gasteiger partial charge in [0.1, 0.15) is 11.6 Å². The molecular formula is C25H22N6S. The molecule has 0 aliphatic carbocycles. The average Bonchev–Trinajstić information content (AvgIpc) is 3.10. The van der Waals surface area contributed by atoms with Gasteiger partial charge in [-0.25, -0.2) is 15.0 Å². The van der Waals surface area contributed by atoms with Crippen LogP contribution in [0.5, 0.6) is 0 Å². The lowest BCUT2D eigenvalue weighted by Gasteiger charge is -2.11. The van der Waals surface area contributed by atoms with Crippen molar-refractivity contribution in [2.45, 2.75) is 23.5 Å². The van der Waals surface area contributed by atoms with Crippen molar-refractivity contribution in [3.8, 4) is 0 Å². The van der Waals surface area contributed by atoms with E-state index in [4.69, 9.17) is 15.7 Å². The molecule has 3 N–H and O–H groups in total. The first-order valence-corrected chi connectivity index (χ1v) is 11.1. The molecule has 0 amide bonds. The molecule has 0 radical (unpaired) electrons. The van der Waals surface area contributed by atoms with E-state index in [1.165, 1.54) is 11.8 Å². The third kappa shape index (κ3) is 3.90. The molecule has 0 atom stereocenters. The predicted molar refractivity (Wildman–Crippen MR) is 132 cm³/mol. The van der Waals surface area contributed by atoms with Gasteiger partial charge < -0.3 is 15.6 Å². The van der Waals surface area contributed by atoms with Gasteiger partial charge in [-0.05, 0) is 73.3 Å². The first-order valence-electron chi connectivity index (χ1n) is 10.3. The van der Waals surface area contributed by atoms with Crippen LogP contribution in [0.1, 0.15) is 5.82 Å². The van der Waals surface area contributed by atoms with Gasteiger partial charge in [0.15, 0.2) is 5.16 Å². The lowest BCUT2D eigenvalue weighted by atomic mass is 10.2. The minimum Gasteiger partial charge on any atom is -0.399 e. The predicted octanol–water partition coefficient (Wildman–Crippen LogP) is 5.95. The van der Waals surface area contributed by atoms with Gasteiger partial charge in [-0.15, -0.1) is 6.58 Å². The van der Waals surface area contributed by atoms with Crippen LogP contribution < -0.4 is 11.1 Å². The second-order valence-electron chi connectivity index (χ2n) is 7.43. The smallest absolute Gasteiger partial charge is 0.195 e. The molecule has 0 saturated heterocycles. The molecule has 2 aromatic heterocycles. The van der Waals surface area contributed by atoms with Crippen molar-refractivity contribution in [1.29, 1.82) is 0 Å². The highest BCUT2D eigenvalue weighted by Gasteiger charge is 2.12. The maximum absolute atomic E-state index is 5.81. The van der Waals surface area contributed by atoms with E-state index in [2.05, 4.69) is 27.5 Å². The Hall–Kier alpha value is -3.84. The zero-order chi connectivity index (χ0) is 22.1. The molecule has 32 heavy (non-hydrogen) atoms. The van der Waals surface area contributed by atoms with Crippen molar-refractivity contribution in [3.63, 3.8) is 0 Å². The number of nitrogens with one attached hydrogen (secondary N) is 1. The topological polar surface area (TPSA) is 81.7 Å². The fourth-order valence-corrected chi connectivity index (χ4v) is 4.42. The van der Waals surface area contributed by atoms with Gasteiger partial charge in [0, 0.05) is 28.2 Å². The first kappa shape index (κ1) is 20.1. The summed E-state index contributed by atoms with van der Waals surface area (Å²) in [6, 6.07) is 21.9. The lowest BCUT2D eigenvalue weighted by molar-refractivity contribution is 0.808. The Morgan fingerprint density at radius 2 is 1.81 bits per heavy atom. The van der Waals surface area contributed by atoms with Crippen molar-refractivity contribution in [2.24, 2.45) is 0 Å².